The molecule has 13 heavy (non-hydrogen) atoms. The van der Waals surface area contributed by atoms with Crippen LogP contribution in [0.1, 0.15) is 16.7 Å². The maximum Gasteiger partial charge on any atom is 0.287 e. The summed E-state index contributed by atoms with van der Waals surface area (Å²) in [5.74, 6) is 0. The summed E-state index contributed by atoms with van der Waals surface area (Å²) in [6.45, 7) is 3.60. The highest BCUT2D eigenvalue weighted by molar-refractivity contribution is 5.52. The van der Waals surface area contributed by atoms with Crippen LogP contribution in [0.4, 0.5) is 5.69 Å². The first-order valence-corrected chi connectivity index (χ1v) is 3.72. The second-order valence-electron chi connectivity index (χ2n) is 2.82. The van der Waals surface area contributed by atoms with E-state index in [1.807, 2.05) is 6.92 Å². The van der Waals surface area contributed by atoms with Crippen LogP contribution >= 0.6 is 0 Å². The minimum Gasteiger partial charge on any atom is -0.258 e. The normalized spacial score (nSPS) is 9.31. The summed E-state index contributed by atoms with van der Waals surface area (Å²) in [7, 11) is 0. The second kappa shape index (κ2) is 3.23. The minimum absolute atomic E-state index is 0.119. The predicted molar refractivity (Wildman–Crippen MR) is 47.3 cm³/mol. The first-order chi connectivity index (χ1) is 6.06. The predicted octanol–water partition coefficient (Wildman–Crippen LogP) is 2.08. The number of nitro groups is 1. The molecule has 0 aliphatic carbocycles. The molecule has 0 fully saturated rings. The number of rotatable bonds is 1. The SMILES string of the molecule is Cc1cc(C#N)c([N+](=O)[O-])cc1C. The van der Waals surface area contributed by atoms with Crippen molar-refractivity contribution in [2.24, 2.45) is 0 Å². The molecule has 66 valence electrons. The van der Waals surface area contributed by atoms with Crippen LogP contribution in [0.5, 0.6) is 0 Å². The average molecular weight is 176 g/mol. The third-order valence-corrected chi connectivity index (χ3v) is 1.93. The highest BCUT2D eigenvalue weighted by Gasteiger charge is 2.14. The van der Waals surface area contributed by atoms with Crippen LogP contribution in [-0.4, -0.2) is 4.92 Å². The lowest BCUT2D eigenvalue weighted by molar-refractivity contribution is -0.385. The van der Waals surface area contributed by atoms with E-state index < -0.39 is 4.92 Å². The molecule has 1 rings (SSSR count). The van der Waals surface area contributed by atoms with E-state index in [0.717, 1.165) is 11.1 Å². The monoisotopic (exact) mass is 176 g/mol. The van der Waals surface area contributed by atoms with Crippen molar-refractivity contribution < 1.29 is 4.92 Å². The van der Waals surface area contributed by atoms with Crippen LogP contribution in [0.15, 0.2) is 12.1 Å². The fourth-order valence-corrected chi connectivity index (χ4v) is 1.04. The number of nitro benzene ring substituents is 1. The zero-order valence-electron chi connectivity index (χ0n) is 7.37. The molecule has 0 atom stereocenters. The molecule has 0 saturated carbocycles. The van der Waals surface area contributed by atoms with Crippen LogP contribution in [0, 0.1) is 35.3 Å². The highest BCUT2D eigenvalue weighted by Crippen LogP contribution is 2.21. The van der Waals surface area contributed by atoms with E-state index >= 15 is 0 Å². The standard InChI is InChI=1S/C9H8N2O2/c1-6-3-8(5-10)9(11(12)13)4-7(6)2/h3-4H,1-2H3. The van der Waals surface area contributed by atoms with Gasteiger partial charge < -0.3 is 0 Å². The summed E-state index contributed by atoms with van der Waals surface area (Å²) in [4.78, 5) is 9.96. The van der Waals surface area contributed by atoms with Gasteiger partial charge in [-0.2, -0.15) is 5.26 Å². The van der Waals surface area contributed by atoms with Crippen molar-refractivity contribution in [3.05, 3.63) is 38.9 Å². The number of nitriles is 1. The maximum absolute atomic E-state index is 10.5. The average Bonchev–Trinajstić information content (AvgIpc) is 2.08. The lowest BCUT2D eigenvalue weighted by Gasteiger charge is -2.00. The van der Waals surface area contributed by atoms with Crippen LogP contribution in [0.25, 0.3) is 0 Å². The van der Waals surface area contributed by atoms with Gasteiger partial charge in [0, 0.05) is 6.07 Å². The van der Waals surface area contributed by atoms with Gasteiger partial charge in [0.1, 0.15) is 11.6 Å². The molecule has 1 aromatic carbocycles. The Morgan fingerprint density at radius 1 is 1.38 bits per heavy atom. The molecular formula is C9H8N2O2. The van der Waals surface area contributed by atoms with Gasteiger partial charge in [-0.3, -0.25) is 10.1 Å². The van der Waals surface area contributed by atoms with Crippen molar-refractivity contribution in [3.63, 3.8) is 0 Å². The van der Waals surface area contributed by atoms with Crippen molar-refractivity contribution in [2.75, 3.05) is 0 Å². The van der Waals surface area contributed by atoms with Crippen molar-refractivity contribution >= 4 is 5.69 Å². The summed E-state index contributed by atoms with van der Waals surface area (Å²) in [5, 5.41) is 19.1. The molecule has 4 heteroatoms. The van der Waals surface area contributed by atoms with Crippen LogP contribution in [-0.2, 0) is 0 Å². The van der Waals surface area contributed by atoms with Gasteiger partial charge in [0.15, 0.2) is 0 Å². The van der Waals surface area contributed by atoms with E-state index in [1.54, 1.807) is 13.0 Å². The Kier molecular flexibility index (Phi) is 2.29. The Balaban J connectivity index is 3.44. The number of nitrogens with zero attached hydrogens (tertiary/aromatic N) is 2. The molecule has 0 saturated heterocycles. The Morgan fingerprint density at radius 2 is 1.92 bits per heavy atom. The number of hydrogen-bond donors (Lipinski definition) is 0. The molecule has 1 aromatic rings. The Labute approximate surface area is 75.6 Å². The van der Waals surface area contributed by atoms with Crippen molar-refractivity contribution in [1.29, 1.82) is 5.26 Å². The quantitative estimate of drug-likeness (QED) is 0.486. The zero-order valence-corrected chi connectivity index (χ0v) is 7.37. The summed E-state index contributed by atoms with van der Waals surface area (Å²) in [6.07, 6.45) is 0. The van der Waals surface area contributed by atoms with Crippen molar-refractivity contribution in [3.8, 4) is 6.07 Å². The van der Waals surface area contributed by atoms with E-state index in [0.29, 0.717) is 0 Å². The summed E-state index contributed by atoms with van der Waals surface area (Å²) in [6, 6.07) is 4.76. The topological polar surface area (TPSA) is 66.9 Å². The molecule has 0 amide bonds. The summed E-state index contributed by atoms with van der Waals surface area (Å²) in [5.41, 5.74) is 1.71. The van der Waals surface area contributed by atoms with Crippen LogP contribution < -0.4 is 0 Å². The van der Waals surface area contributed by atoms with Crippen LogP contribution in [0.3, 0.4) is 0 Å². The number of aryl methyl sites for hydroxylation is 2. The lowest BCUT2D eigenvalue weighted by atomic mass is 10.1. The molecule has 0 aliphatic rings. The molecule has 0 spiro atoms. The fraction of sp³-hybridized carbons (Fsp3) is 0.222. The molecule has 0 bridgehead atoms. The van der Waals surface area contributed by atoms with E-state index in [-0.39, 0.29) is 11.3 Å². The molecule has 0 aromatic heterocycles. The van der Waals surface area contributed by atoms with E-state index in [4.69, 9.17) is 5.26 Å². The maximum atomic E-state index is 10.5. The molecule has 0 aliphatic heterocycles. The van der Waals surface area contributed by atoms with Gasteiger partial charge in [-0.25, -0.2) is 0 Å². The second-order valence-corrected chi connectivity index (χ2v) is 2.82. The van der Waals surface area contributed by atoms with E-state index in [2.05, 4.69) is 0 Å². The molecule has 0 unspecified atom stereocenters. The molecule has 4 nitrogen and oxygen atoms in total. The van der Waals surface area contributed by atoms with Gasteiger partial charge in [-0.15, -0.1) is 0 Å². The van der Waals surface area contributed by atoms with Gasteiger partial charge in [0.2, 0.25) is 0 Å². The highest BCUT2D eigenvalue weighted by atomic mass is 16.6. The minimum atomic E-state index is -0.537. The fourth-order valence-electron chi connectivity index (χ4n) is 1.04. The van der Waals surface area contributed by atoms with Gasteiger partial charge in [0.25, 0.3) is 5.69 Å². The van der Waals surface area contributed by atoms with Crippen molar-refractivity contribution in [1.82, 2.24) is 0 Å². The van der Waals surface area contributed by atoms with Crippen molar-refractivity contribution in [2.45, 2.75) is 13.8 Å². The first kappa shape index (κ1) is 9.20. The molecule has 0 heterocycles. The Hall–Kier alpha value is -1.89. The molecular weight excluding hydrogens is 168 g/mol. The molecule has 0 N–H and O–H groups in total. The third-order valence-electron chi connectivity index (χ3n) is 1.93. The molecule has 0 radical (unpaired) electrons. The zero-order chi connectivity index (χ0) is 10.0. The van der Waals surface area contributed by atoms with Gasteiger partial charge in [-0.05, 0) is 31.0 Å². The third kappa shape index (κ3) is 1.64. The summed E-state index contributed by atoms with van der Waals surface area (Å²) < 4.78 is 0. The van der Waals surface area contributed by atoms with E-state index in [1.165, 1.54) is 12.1 Å². The van der Waals surface area contributed by atoms with E-state index in [9.17, 15) is 10.1 Å². The first-order valence-electron chi connectivity index (χ1n) is 3.72. The smallest absolute Gasteiger partial charge is 0.258 e. The van der Waals surface area contributed by atoms with Gasteiger partial charge in [-0.1, -0.05) is 0 Å². The lowest BCUT2D eigenvalue weighted by Crippen LogP contribution is -1.94. The Morgan fingerprint density at radius 3 is 2.38 bits per heavy atom. The number of benzene rings is 1. The van der Waals surface area contributed by atoms with Crippen LogP contribution in [0.2, 0.25) is 0 Å². The largest absolute Gasteiger partial charge is 0.287 e. The van der Waals surface area contributed by atoms with Gasteiger partial charge in [0.05, 0.1) is 4.92 Å². The number of hydrogen-bond acceptors (Lipinski definition) is 3. The summed E-state index contributed by atoms with van der Waals surface area (Å²) >= 11 is 0. The van der Waals surface area contributed by atoms with Gasteiger partial charge >= 0.3 is 0 Å². The Bertz CT molecular complexity index is 405.